The fraction of sp³-hybridized carbons (Fsp3) is 0.545. The number of aryl methyl sites for hydroxylation is 2. The number of hydrogen-bond acceptors (Lipinski definition) is 5. The van der Waals surface area contributed by atoms with Crippen LogP contribution in [-0.2, 0) is 0 Å². The fourth-order valence-electron chi connectivity index (χ4n) is 4.64. The zero-order valence-electron chi connectivity index (χ0n) is 16.8. The maximum absolute atomic E-state index is 10.3. The number of aromatic nitrogens is 2. The van der Waals surface area contributed by atoms with Gasteiger partial charge in [0.2, 0.25) is 0 Å². The lowest BCUT2D eigenvalue weighted by Gasteiger charge is -2.40. The van der Waals surface area contributed by atoms with Crippen molar-refractivity contribution in [3.8, 4) is 17.0 Å². The summed E-state index contributed by atoms with van der Waals surface area (Å²) in [5, 5.41) is 19.4. The highest BCUT2D eigenvalue weighted by Crippen LogP contribution is 2.36. The smallest absolute Gasteiger partial charge is 0.151 e. The number of benzene rings is 1. The summed E-state index contributed by atoms with van der Waals surface area (Å²) in [6.07, 6.45) is 2.53. The lowest BCUT2D eigenvalue weighted by Crippen LogP contribution is -2.50. The average molecular weight is 367 g/mol. The van der Waals surface area contributed by atoms with Crippen LogP contribution in [0.1, 0.15) is 37.8 Å². The highest BCUT2D eigenvalue weighted by atomic mass is 16.3. The highest BCUT2D eigenvalue weighted by molar-refractivity contribution is 5.70. The van der Waals surface area contributed by atoms with Crippen molar-refractivity contribution in [2.75, 3.05) is 24.5 Å². The molecule has 5 nitrogen and oxygen atoms in total. The number of fused-ring (bicyclic) bond motifs is 1. The van der Waals surface area contributed by atoms with E-state index in [9.17, 15) is 5.11 Å². The molecule has 5 heteroatoms. The average Bonchev–Trinajstić information content (AvgIpc) is 3.05. The SMILES string of the molecule is Cc1ccc(-c2nnc(N3CC[C@@H]4CCN(C(C)C)C[C@@H]43)cc2C)c(O)c1. The Morgan fingerprint density at radius 2 is 1.85 bits per heavy atom. The van der Waals surface area contributed by atoms with E-state index in [4.69, 9.17) is 0 Å². The van der Waals surface area contributed by atoms with E-state index in [1.54, 1.807) is 6.07 Å². The van der Waals surface area contributed by atoms with Crippen molar-refractivity contribution in [2.24, 2.45) is 5.92 Å². The number of hydrogen-bond donors (Lipinski definition) is 1. The second kappa shape index (κ2) is 7.12. The maximum Gasteiger partial charge on any atom is 0.151 e. The summed E-state index contributed by atoms with van der Waals surface area (Å²) < 4.78 is 0. The number of piperidine rings is 1. The van der Waals surface area contributed by atoms with Crippen LogP contribution < -0.4 is 4.90 Å². The summed E-state index contributed by atoms with van der Waals surface area (Å²) in [6.45, 7) is 12.0. The molecule has 1 aromatic heterocycles. The first-order valence-electron chi connectivity index (χ1n) is 10.1. The molecule has 1 N–H and O–H groups in total. The molecule has 2 aromatic rings. The number of phenolic OH excluding ortho intramolecular Hbond substituents is 1. The second-order valence-corrected chi connectivity index (χ2v) is 8.44. The maximum atomic E-state index is 10.3. The van der Waals surface area contributed by atoms with Gasteiger partial charge in [-0.1, -0.05) is 6.07 Å². The molecule has 0 spiro atoms. The number of likely N-dealkylation sites (tertiary alicyclic amines) is 1. The van der Waals surface area contributed by atoms with E-state index in [1.807, 2.05) is 19.1 Å². The number of rotatable bonds is 3. The van der Waals surface area contributed by atoms with Crippen molar-refractivity contribution in [3.05, 3.63) is 35.4 Å². The molecule has 0 saturated carbocycles. The van der Waals surface area contributed by atoms with Gasteiger partial charge in [-0.25, -0.2) is 0 Å². The standard InChI is InChI=1S/C22H30N4O/c1-14(2)25-9-7-17-8-10-26(19(17)13-25)21-12-16(4)22(24-23-21)18-6-5-15(3)11-20(18)27/h5-6,11-12,14,17,19,27H,7-10,13H2,1-4H3/t17-,19-/m0/s1. The molecular formula is C22H30N4O. The van der Waals surface area contributed by atoms with E-state index in [0.717, 1.165) is 47.2 Å². The highest BCUT2D eigenvalue weighted by Gasteiger charge is 2.39. The van der Waals surface area contributed by atoms with Crippen LogP contribution in [0.2, 0.25) is 0 Å². The van der Waals surface area contributed by atoms with Crippen molar-refractivity contribution in [1.29, 1.82) is 0 Å². The molecule has 0 radical (unpaired) electrons. The van der Waals surface area contributed by atoms with Crippen LogP contribution in [0.25, 0.3) is 11.3 Å². The van der Waals surface area contributed by atoms with Crippen molar-refractivity contribution < 1.29 is 5.11 Å². The predicted octanol–water partition coefficient (Wildman–Crippen LogP) is 3.78. The van der Waals surface area contributed by atoms with Crippen LogP contribution in [0, 0.1) is 19.8 Å². The molecule has 0 bridgehead atoms. The van der Waals surface area contributed by atoms with Gasteiger partial charge in [0.1, 0.15) is 5.75 Å². The third kappa shape index (κ3) is 3.41. The van der Waals surface area contributed by atoms with E-state index in [2.05, 4.69) is 46.8 Å². The number of nitrogens with zero attached hydrogens (tertiary/aromatic N) is 4. The Morgan fingerprint density at radius 3 is 2.56 bits per heavy atom. The number of anilines is 1. The van der Waals surface area contributed by atoms with Crippen LogP contribution in [0.15, 0.2) is 24.3 Å². The molecule has 3 heterocycles. The van der Waals surface area contributed by atoms with Gasteiger partial charge >= 0.3 is 0 Å². The predicted molar refractivity (Wildman–Crippen MR) is 109 cm³/mol. The lowest BCUT2D eigenvalue weighted by molar-refractivity contribution is 0.141. The van der Waals surface area contributed by atoms with Crippen molar-refractivity contribution in [3.63, 3.8) is 0 Å². The second-order valence-electron chi connectivity index (χ2n) is 8.44. The van der Waals surface area contributed by atoms with Crippen LogP contribution in [0.3, 0.4) is 0 Å². The molecule has 0 unspecified atom stereocenters. The van der Waals surface area contributed by atoms with Gasteiger partial charge in [-0.2, -0.15) is 0 Å². The Kier molecular flexibility index (Phi) is 4.81. The van der Waals surface area contributed by atoms with Crippen LogP contribution >= 0.6 is 0 Å². The monoisotopic (exact) mass is 366 g/mol. The van der Waals surface area contributed by atoms with Gasteiger partial charge in [0.15, 0.2) is 5.82 Å². The third-order valence-electron chi connectivity index (χ3n) is 6.30. The topological polar surface area (TPSA) is 52.5 Å². The van der Waals surface area contributed by atoms with E-state index in [1.165, 1.54) is 19.4 Å². The minimum absolute atomic E-state index is 0.265. The van der Waals surface area contributed by atoms with Crippen LogP contribution in [0.4, 0.5) is 5.82 Å². The minimum atomic E-state index is 0.265. The van der Waals surface area contributed by atoms with Gasteiger partial charge in [0.05, 0.1) is 5.69 Å². The Balaban J connectivity index is 1.61. The van der Waals surface area contributed by atoms with E-state index in [-0.39, 0.29) is 5.75 Å². The molecular weight excluding hydrogens is 336 g/mol. The summed E-state index contributed by atoms with van der Waals surface area (Å²) in [5.74, 6) is 2.00. The van der Waals surface area contributed by atoms with Crippen LogP contribution in [0.5, 0.6) is 5.75 Å². The molecule has 2 atom stereocenters. The molecule has 2 aliphatic heterocycles. The summed E-state index contributed by atoms with van der Waals surface area (Å²) in [6, 6.07) is 8.96. The molecule has 27 heavy (non-hydrogen) atoms. The van der Waals surface area contributed by atoms with Gasteiger partial charge < -0.3 is 10.0 Å². The Morgan fingerprint density at radius 1 is 1.07 bits per heavy atom. The third-order valence-corrected chi connectivity index (χ3v) is 6.30. The number of aromatic hydroxyl groups is 1. The van der Waals surface area contributed by atoms with Crippen molar-refractivity contribution in [1.82, 2.24) is 15.1 Å². The minimum Gasteiger partial charge on any atom is -0.507 e. The largest absolute Gasteiger partial charge is 0.507 e. The summed E-state index contributed by atoms with van der Waals surface area (Å²) in [5.41, 5.74) is 3.60. The molecule has 2 aliphatic rings. The quantitative estimate of drug-likeness (QED) is 0.896. The molecule has 2 saturated heterocycles. The van der Waals surface area contributed by atoms with E-state index < -0.39 is 0 Å². The number of phenols is 1. The Labute approximate surface area is 162 Å². The van der Waals surface area contributed by atoms with E-state index in [0.29, 0.717) is 12.1 Å². The summed E-state index contributed by atoms with van der Waals surface area (Å²) in [7, 11) is 0. The lowest BCUT2D eigenvalue weighted by atomic mass is 9.91. The van der Waals surface area contributed by atoms with Crippen molar-refractivity contribution >= 4 is 5.82 Å². The first-order valence-corrected chi connectivity index (χ1v) is 10.1. The normalized spacial score (nSPS) is 23.1. The summed E-state index contributed by atoms with van der Waals surface area (Å²) >= 11 is 0. The van der Waals surface area contributed by atoms with E-state index >= 15 is 0 Å². The molecule has 0 amide bonds. The zero-order valence-corrected chi connectivity index (χ0v) is 16.8. The van der Waals surface area contributed by atoms with Gasteiger partial charge in [-0.05, 0) is 82.3 Å². The molecule has 144 valence electrons. The first-order chi connectivity index (χ1) is 12.9. The zero-order chi connectivity index (χ0) is 19.1. The first kappa shape index (κ1) is 18.2. The molecule has 0 aliphatic carbocycles. The fourth-order valence-corrected chi connectivity index (χ4v) is 4.64. The van der Waals surface area contributed by atoms with Crippen molar-refractivity contribution in [2.45, 2.75) is 52.6 Å². The van der Waals surface area contributed by atoms with Gasteiger partial charge in [0.25, 0.3) is 0 Å². The van der Waals surface area contributed by atoms with Gasteiger partial charge in [-0.15, -0.1) is 10.2 Å². The van der Waals surface area contributed by atoms with Gasteiger partial charge in [0, 0.05) is 30.7 Å². The van der Waals surface area contributed by atoms with Gasteiger partial charge in [-0.3, -0.25) is 4.90 Å². The Bertz CT molecular complexity index is 835. The molecule has 4 rings (SSSR count). The molecule has 1 aromatic carbocycles. The summed E-state index contributed by atoms with van der Waals surface area (Å²) in [4.78, 5) is 5.04. The molecule has 2 fully saturated rings. The van der Waals surface area contributed by atoms with Crippen LogP contribution in [-0.4, -0.2) is 51.9 Å². The Hall–Kier alpha value is -2.14.